The van der Waals surface area contributed by atoms with Gasteiger partial charge in [0.1, 0.15) is 5.82 Å². The van der Waals surface area contributed by atoms with Crippen molar-refractivity contribution in [2.75, 3.05) is 0 Å². The summed E-state index contributed by atoms with van der Waals surface area (Å²) in [6, 6.07) is 3.76. The molecule has 0 radical (unpaired) electrons. The topological polar surface area (TPSA) is 68.0 Å². The van der Waals surface area contributed by atoms with Crippen LogP contribution >= 0.6 is 0 Å². The predicted octanol–water partition coefficient (Wildman–Crippen LogP) is 2.98. The summed E-state index contributed by atoms with van der Waals surface area (Å²) in [5.74, 6) is 0.520. The first-order chi connectivity index (χ1) is 9.47. The van der Waals surface area contributed by atoms with E-state index < -0.39 is 5.97 Å². The highest BCUT2D eigenvalue weighted by Gasteiger charge is 2.21. The van der Waals surface area contributed by atoms with Crippen molar-refractivity contribution < 1.29 is 9.90 Å². The van der Waals surface area contributed by atoms with Gasteiger partial charge in [-0.05, 0) is 38.3 Å². The van der Waals surface area contributed by atoms with E-state index >= 15 is 0 Å². The Hall–Kier alpha value is -2.17. The number of aromatic carboxylic acids is 1. The zero-order valence-corrected chi connectivity index (χ0v) is 12.3. The lowest BCUT2D eigenvalue weighted by Gasteiger charge is -2.13. The van der Waals surface area contributed by atoms with E-state index in [9.17, 15) is 9.90 Å². The monoisotopic (exact) mass is 273 g/mol. The third-order valence-electron chi connectivity index (χ3n) is 3.44. The van der Waals surface area contributed by atoms with Crippen LogP contribution in [0.2, 0.25) is 0 Å². The molecule has 1 aromatic heterocycles. The van der Waals surface area contributed by atoms with E-state index in [1.165, 1.54) is 0 Å². The normalized spacial score (nSPS) is 10.8. The van der Waals surface area contributed by atoms with Gasteiger partial charge < -0.3 is 9.67 Å². The number of carbonyl (C=O) groups is 1. The van der Waals surface area contributed by atoms with Crippen LogP contribution in [-0.4, -0.2) is 25.8 Å². The average Bonchev–Trinajstić information content (AvgIpc) is 2.74. The van der Waals surface area contributed by atoms with Crippen molar-refractivity contribution in [2.45, 2.75) is 40.7 Å². The van der Waals surface area contributed by atoms with Gasteiger partial charge in [0.2, 0.25) is 0 Å². The van der Waals surface area contributed by atoms with Gasteiger partial charge in [-0.15, -0.1) is 10.2 Å². The highest BCUT2D eigenvalue weighted by atomic mass is 16.4. The fourth-order valence-electron chi connectivity index (χ4n) is 2.43. The molecule has 106 valence electrons. The molecule has 0 spiro atoms. The molecule has 0 saturated carbocycles. The van der Waals surface area contributed by atoms with Crippen LogP contribution in [0.25, 0.3) is 11.4 Å². The summed E-state index contributed by atoms with van der Waals surface area (Å²) in [5.41, 5.74) is 2.63. The molecule has 0 fully saturated rings. The van der Waals surface area contributed by atoms with Crippen LogP contribution in [0.15, 0.2) is 12.1 Å². The van der Waals surface area contributed by atoms with E-state index in [4.69, 9.17) is 0 Å². The number of carboxylic acid groups (broad SMARTS) is 1. The van der Waals surface area contributed by atoms with Gasteiger partial charge in [-0.3, -0.25) is 0 Å². The summed E-state index contributed by atoms with van der Waals surface area (Å²) < 4.78 is 1.98. The maximum atomic E-state index is 11.6. The van der Waals surface area contributed by atoms with Crippen LogP contribution < -0.4 is 0 Å². The minimum atomic E-state index is -0.926. The zero-order chi connectivity index (χ0) is 14.9. The van der Waals surface area contributed by atoms with Crippen molar-refractivity contribution in [3.63, 3.8) is 0 Å². The Morgan fingerprint density at radius 3 is 2.45 bits per heavy atom. The Balaban J connectivity index is 2.76. The Kier molecular flexibility index (Phi) is 3.88. The molecule has 0 saturated heterocycles. The van der Waals surface area contributed by atoms with Gasteiger partial charge in [-0.2, -0.15) is 0 Å². The van der Waals surface area contributed by atoms with Gasteiger partial charge in [0.15, 0.2) is 5.82 Å². The molecule has 2 aromatic rings. The SMILES string of the molecule is CCCn1c(C)nnc1-c1c(C)ccc(C)c1C(=O)O. The van der Waals surface area contributed by atoms with Gasteiger partial charge >= 0.3 is 5.97 Å². The van der Waals surface area contributed by atoms with Crippen LogP contribution in [0, 0.1) is 20.8 Å². The lowest BCUT2D eigenvalue weighted by molar-refractivity contribution is 0.0697. The second-order valence-electron chi connectivity index (χ2n) is 4.98. The largest absolute Gasteiger partial charge is 0.478 e. The van der Waals surface area contributed by atoms with Crippen molar-refractivity contribution in [3.05, 3.63) is 34.6 Å². The number of nitrogens with zero attached hydrogens (tertiary/aromatic N) is 3. The smallest absolute Gasteiger partial charge is 0.336 e. The molecule has 5 heteroatoms. The zero-order valence-electron chi connectivity index (χ0n) is 12.3. The molecule has 0 bridgehead atoms. The average molecular weight is 273 g/mol. The quantitative estimate of drug-likeness (QED) is 0.929. The number of aryl methyl sites for hydroxylation is 3. The first-order valence-corrected chi connectivity index (χ1v) is 6.71. The Labute approximate surface area is 118 Å². The van der Waals surface area contributed by atoms with Crippen LogP contribution in [0.1, 0.15) is 40.7 Å². The Bertz CT molecular complexity index is 659. The molecule has 0 amide bonds. The van der Waals surface area contributed by atoms with Crippen LogP contribution in [0.5, 0.6) is 0 Å². The second-order valence-corrected chi connectivity index (χ2v) is 4.98. The third-order valence-corrected chi connectivity index (χ3v) is 3.44. The van der Waals surface area contributed by atoms with Crippen LogP contribution in [-0.2, 0) is 6.54 Å². The molecule has 20 heavy (non-hydrogen) atoms. The highest BCUT2D eigenvalue weighted by molar-refractivity contribution is 5.97. The molecule has 0 atom stereocenters. The summed E-state index contributed by atoms with van der Waals surface area (Å²) in [7, 11) is 0. The molecular formula is C15H19N3O2. The number of hydrogen-bond acceptors (Lipinski definition) is 3. The lowest BCUT2D eigenvalue weighted by atomic mass is 9.96. The van der Waals surface area contributed by atoms with Crippen LogP contribution in [0.3, 0.4) is 0 Å². The summed E-state index contributed by atoms with van der Waals surface area (Å²) in [6.45, 7) is 8.45. The molecule has 1 N–H and O–H groups in total. The fourth-order valence-corrected chi connectivity index (χ4v) is 2.43. The minimum absolute atomic E-state index is 0.315. The number of rotatable bonds is 4. The Morgan fingerprint density at radius 2 is 1.85 bits per heavy atom. The van der Waals surface area contributed by atoms with Gasteiger partial charge in [0.25, 0.3) is 0 Å². The summed E-state index contributed by atoms with van der Waals surface area (Å²) >= 11 is 0. The number of benzene rings is 1. The second kappa shape index (κ2) is 5.45. The lowest BCUT2D eigenvalue weighted by Crippen LogP contribution is -2.09. The predicted molar refractivity (Wildman–Crippen MR) is 76.9 cm³/mol. The molecule has 1 heterocycles. The molecule has 0 aliphatic heterocycles. The van der Waals surface area contributed by atoms with Gasteiger partial charge in [-0.25, -0.2) is 4.79 Å². The van der Waals surface area contributed by atoms with E-state index in [-0.39, 0.29) is 0 Å². The van der Waals surface area contributed by atoms with E-state index in [1.807, 2.05) is 30.5 Å². The maximum Gasteiger partial charge on any atom is 0.336 e. The van der Waals surface area contributed by atoms with Crippen molar-refractivity contribution in [1.82, 2.24) is 14.8 Å². The first kappa shape index (κ1) is 14.2. The van der Waals surface area contributed by atoms with Crippen molar-refractivity contribution in [1.29, 1.82) is 0 Å². The van der Waals surface area contributed by atoms with Crippen molar-refractivity contribution in [3.8, 4) is 11.4 Å². The van der Waals surface area contributed by atoms with E-state index in [0.29, 0.717) is 17.0 Å². The fraction of sp³-hybridized carbons (Fsp3) is 0.400. The third kappa shape index (κ3) is 2.31. The van der Waals surface area contributed by atoms with E-state index in [2.05, 4.69) is 17.1 Å². The molecule has 0 unspecified atom stereocenters. The van der Waals surface area contributed by atoms with Gasteiger partial charge in [0, 0.05) is 12.1 Å². The molecule has 0 aliphatic carbocycles. The standard InChI is InChI=1S/C15H19N3O2/c1-5-8-18-11(4)16-17-14(18)12-9(2)6-7-10(3)13(12)15(19)20/h6-7H,5,8H2,1-4H3,(H,19,20). The molecule has 1 aromatic carbocycles. The van der Waals surface area contributed by atoms with Crippen molar-refractivity contribution in [2.24, 2.45) is 0 Å². The first-order valence-electron chi connectivity index (χ1n) is 6.71. The maximum absolute atomic E-state index is 11.6. The van der Waals surface area contributed by atoms with Gasteiger partial charge in [-0.1, -0.05) is 19.1 Å². The van der Waals surface area contributed by atoms with E-state index in [1.54, 1.807) is 6.92 Å². The van der Waals surface area contributed by atoms with Gasteiger partial charge in [0.05, 0.1) is 5.56 Å². The summed E-state index contributed by atoms with van der Waals surface area (Å²) in [6.07, 6.45) is 0.944. The molecular weight excluding hydrogens is 254 g/mol. The van der Waals surface area contributed by atoms with E-state index in [0.717, 1.165) is 29.9 Å². The summed E-state index contributed by atoms with van der Waals surface area (Å²) in [5, 5.41) is 17.8. The summed E-state index contributed by atoms with van der Waals surface area (Å²) in [4.78, 5) is 11.6. The molecule has 0 aliphatic rings. The van der Waals surface area contributed by atoms with Crippen molar-refractivity contribution >= 4 is 5.97 Å². The van der Waals surface area contributed by atoms with Crippen LogP contribution in [0.4, 0.5) is 0 Å². The minimum Gasteiger partial charge on any atom is -0.478 e. The number of aromatic nitrogens is 3. The number of hydrogen-bond donors (Lipinski definition) is 1. The molecule has 2 rings (SSSR count). The number of carboxylic acids is 1. The Morgan fingerprint density at radius 1 is 1.20 bits per heavy atom. The molecule has 5 nitrogen and oxygen atoms in total. The highest BCUT2D eigenvalue weighted by Crippen LogP contribution is 2.29.